The van der Waals surface area contributed by atoms with Gasteiger partial charge >= 0.3 is 0 Å². The van der Waals surface area contributed by atoms with Crippen molar-refractivity contribution in [1.82, 2.24) is 9.78 Å². The van der Waals surface area contributed by atoms with Crippen molar-refractivity contribution >= 4 is 5.69 Å². The topological polar surface area (TPSA) is 87.0 Å². The Morgan fingerprint density at radius 2 is 1.95 bits per heavy atom. The van der Waals surface area contributed by atoms with Gasteiger partial charge in [-0.1, -0.05) is 0 Å². The molecule has 0 bridgehead atoms. The van der Waals surface area contributed by atoms with Crippen LogP contribution in [0, 0.1) is 24.0 Å². The minimum Gasteiger partial charge on any atom is -0.330 e. The summed E-state index contributed by atoms with van der Waals surface area (Å²) in [5.74, 6) is 0. The van der Waals surface area contributed by atoms with E-state index in [0.717, 1.165) is 29.9 Å². The van der Waals surface area contributed by atoms with E-state index in [9.17, 15) is 10.1 Å². The molecule has 0 saturated heterocycles. The van der Waals surface area contributed by atoms with Crippen LogP contribution in [-0.4, -0.2) is 21.2 Å². The number of aromatic nitrogens is 2. The predicted molar refractivity (Wildman–Crippen MR) is 77.1 cm³/mol. The number of hydrogen-bond donors (Lipinski definition) is 1. The summed E-state index contributed by atoms with van der Waals surface area (Å²) in [6.45, 7) is 4.63. The number of non-ortho nitro benzene ring substituents is 1. The van der Waals surface area contributed by atoms with Crippen molar-refractivity contribution in [1.29, 1.82) is 0 Å². The van der Waals surface area contributed by atoms with E-state index in [2.05, 4.69) is 5.10 Å². The molecule has 2 rings (SSSR count). The largest absolute Gasteiger partial charge is 0.330 e. The van der Waals surface area contributed by atoms with Crippen molar-refractivity contribution in [3.63, 3.8) is 0 Å². The third-order valence-corrected chi connectivity index (χ3v) is 3.38. The van der Waals surface area contributed by atoms with Crippen LogP contribution in [-0.2, 0) is 6.42 Å². The van der Waals surface area contributed by atoms with Crippen LogP contribution in [0.4, 0.5) is 5.69 Å². The Morgan fingerprint density at radius 3 is 2.50 bits per heavy atom. The number of nitro groups is 1. The molecule has 0 aliphatic rings. The maximum atomic E-state index is 10.7. The van der Waals surface area contributed by atoms with Gasteiger partial charge in [0.05, 0.1) is 16.3 Å². The third-order valence-electron chi connectivity index (χ3n) is 3.38. The van der Waals surface area contributed by atoms with E-state index in [1.807, 2.05) is 18.5 Å². The molecule has 0 radical (unpaired) electrons. The first kappa shape index (κ1) is 14.2. The lowest BCUT2D eigenvalue weighted by Crippen LogP contribution is -2.02. The van der Waals surface area contributed by atoms with Crippen molar-refractivity contribution in [2.75, 3.05) is 6.54 Å². The summed E-state index contributed by atoms with van der Waals surface area (Å²) in [6, 6.07) is 6.41. The molecule has 1 heterocycles. The second-order valence-electron chi connectivity index (χ2n) is 4.73. The lowest BCUT2D eigenvalue weighted by molar-refractivity contribution is -0.384. The third kappa shape index (κ3) is 2.70. The molecule has 0 spiro atoms. The SMILES string of the molecule is Cc1nn(-c2ccc([N+](=O)[O-])cc2)c(C)c1CCCN. The first-order valence-electron chi connectivity index (χ1n) is 6.54. The van der Waals surface area contributed by atoms with Gasteiger partial charge in [-0.25, -0.2) is 4.68 Å². The highest BCUT2D eigenvalue weighted by atomic mass is 16.6. The zero-order valence-electron chi connectivity index (χ0n) is 11.7. The number of nitrogens with two attached hydrogens (primary N) is 1. The van der Waals surface area contributed by atoms with Crippen molar-refractivity contribution in [2.24, 2.45) is 5.73 Å². The summed E-state index contributed by atoms with van der Waals surface area (Å²) in [7, 11) is 0. The average Bonchev–Trinajstić information content (AvgIpc) is 2.72. The molecule has 0 aliphatic heterocycles. The van der Waals surface area contributed by atoms with Gasteiger partial charge in [0.2, 0.25) is 0 Å². The maximum absolute atomic E-state index is 10.7. The number of aryl methyl sites for hydroxylation is 1. The lowest BCUT2D eigenvalue weighted by atomic mass is 10.1. The molecular weight excluding hydrogens is 256 g/mol. The minimum absolute atomic E-state index is 0.0821. The number of hydrogen-bond acceptors (Lipinski definition) is 4. The van der Waals surface area contributed by atoms with Crippen LogP contribution in [0.15, 0.2) is 24.3 Å². The van der Waals surface area contributed by atoms with Crippen LogP contribution >= 0.6 is 0 Å². The molecule has 1 aromatic carbocycles. The standard InChI is InChI=1S/C14H18N4O2/c1-10-14(4-3-9-15)11(2)17(16-10)12-5-7-13(8-6-12)18(19)20/h5-8H,3-4,9,15H2,1-2H3. The summed E-state index contributed by atoms with van der Waals surface area (Å²) < 4.78 is 1.82. The highest BCUT2D eigenvalue weighted by molar-refractivity contribution is 5.42. The Balaban J connectivity index is 2.35. The zero-order valence-corrected chi connectivity index (χ0v) is 11.7. The van der Waals surface area contributed by atoms with E-state index >= 15 is 0 Å². The Bertz CT molecular complexity index is 617. The molecule has 0 saturated carbocycles. The van der Waals surface area contributed by atoms with Gasteiger partial charge < -0.3 is 5.73 Å². The molecule has 20 heavy (non-hydrogen) atoms. The van der Waals surface area contributed by atoms with Gasteiger partial charge in [-0.3, -0.25) is 10.1 Å². The first-order chi connectivity index (χ1) is 9.54. The van der Waals surface area contributed by atoms with Gasteiger partial charge in [0, 0.05) is 17.8 Å². The summed E-state index contributed by atoms with van der Waals surface area (Å²) in [4.78, 5) is 10.3. The maximum Gasteiger partial charge on any atom is 0.269 e. The van der Waals surface area contributed by atoms with Crippen LogP contribution in [0.1, 0.15) is 23.4 Å². The Morgan fingerprint density at radius 1 is 1.30 bits per heavy atom. The van der Waals surface area contributed by atoms with Crippen molar-refractivity contribution in [2.45, 2.75) is 26.7 Å². The monoisotopic (exact) mass is 274 g/mol. The van der Waals surface area contributed by atoms with Crippen molar-refractivity contribution < 1.29 is 4.92 Å². The van der Waals surface area contributed by atoms with E-state index in [0.29, 0.717) is 6.54 Å². The summed E-state index contributed by atoms with van der Waals surface area (Å²) >= 11 is 0. The van der Waals surface area contributed by atoms with Crippen LogP contribution in [0.5, 0.6) is 0 Å². The molecular formula is C14H18N4O2. The molecule has 2 N–H and O–H groups in total. The molecule has 0 aliphatic carbocycles. The highest BCUT2D eigenvalue weighted by Crippen LogP contribution is 2.21. The Kier molecular flexibility index (Phi) is 4.14. The first-order valence-corrected chi connectivity index (χ1v) is 6.54. The molecule has 2 aromatic rings. The van der Waals surface area contributed by atoms with Crippen LogP contribution in [0.2, 0.25) is 0 Å². The molecule has 0 amide bonds. The van der Waals surface area contributed by atoms with Gasteiger partial charge in [0.15, 0.2) is 0 Å². The molecule has 0 fully saturated rings. The number of benzene rings is 1. The van der Waals surface area contributed by atoms with Crippen LogP contribution < -0.4 is 5.73 Å². The lowest BCUT2D eigenvalue weighted by Gasteiger charge is -2.05. The van der Waals surface area contributed by atoms with E-state index in [4.69, 9.17) is 5.73 Å². The van der Waals surface area contributed by atoms with E-state index in [1.165, 1.54) is 17.7 Å². The molecule has 6 nitrogen and oxygen atoms in total. The minimum atomic E-state index is -0.405. The Hall–Kier alpha value is -2.21. The fourth-order valence-corrected chi connectivity index (χ4v) is 2.28. The van der Waals surface area contributed by atoms with Crippen molar-refractivity contribution in [3.8, 4) is 5.69 Å². The van der Waals surface area contributed by atoms with Crippen molar-refractivity contribution in [3.05, 3.63) is 51.3 Å². The van der Waals surface area contributed by atoms with Gasteiger partial charge in [-0.05, 0) is 50.9 Å². The smallest absolute Gasteiger partial charge is 0.269 e. The summed E-state index contributed by atoms with van der Waals surface area (Å²) in [5.41, 5.74) is 9.70. The summed E-state index contributed by atoms with van der Waals surface area (Å²) in [5, 5.41) is 15.2. The number of rotatable bonds is 5. The van der Waals surface area contributed by atoms with Crippen LogP contribution in [0.25, 0.3) is 5.69 Å². The number of nitro benzene ring substituents is 1. The summed E-state index contributed by atoms with van der Waals surface area (Å²) in [6.07, 6.45) is 1.83. The zero-order chi connectivity index (χ0) is 14.7. The molecule has 6 heteroatoms. The molecule has 0 atom stereocenters. The number of nitrogens with zero attached hydrogens (tertiary/aromatic N) is 3. The highest BCUT2D eigenvalue weighted by Gasteiger charge is 2.13. The molecule has 0 unspecified atom stereocenters. The van der Waals surface area contributed by atoms with E-state index in [1.54, 1.807) is 12.1 Å². The molecule has 106 valence electrons. The fraction of sp³-hybridized carbons (Fsp3) is 0.357. The van der Waals surface area contributed by atoms with Gasteiger partial charge in [0.25, 0.3) is 5.69 Å². The molecule has 1 aromatic heterocycles. The van der Waals surface area contributed by atoms with Gasteiger partial charge in [-0.2, -0.15) is 5.10 Å². The normalized spacial score (nSPS) is 10.8. The Labute approximate surface area is 117 Å². The fourth-order valence-electron chi connectivity index (χ4n) is 2.28. The second-order valence-corrected chi connectivity index (χ2v) is 4.73. The average molecular weight is 274 g/mol. The predicted octanol–water partition coefficient (Wildman–Crippen LogP) is 2.29. The van der Waals surface area contributed by atoms with E-state index < -0.39 is 4.92 Å². The van der Waals surface area contributed by atoms with Gasteiger partial charge in [0.1, 0.15) is 0 Å². The van der Waals surface area contributed by atoms with E-state index in [-0.39, 0.29) is 5.69 Å². The van der Waals surface area contributed by atoms with Crippen LogP contribution in [0.3, 0.4) is 0 Å². The second kappa shape index (κ2) is 5.83. The van der Waals surface area contributed by atoms with Gasteiger partial charge in [-0.15, -0.1) is 0 Å². The quantitative estimate of drug-likeness (QED) is 0.669.